The Morgan fingerprint density at radius 1 is 1.21 bits per heavy atom. The van der Waals surface area contributed by atoms with Crippen molar-refractivity contribution in [2.75, 3.05) is 31.3 Å². The second kappa shape index (κ2) is 11.3. The number of hydrogen-bond donors (Lipinski definition) is 1. The molecule has 1 amide bonds. The van der Waals surface area contributed by atoms with Crippen molar-refractivity contribution < 1.29 is 17.9 Å². The zero-order valence-corrected chi connectivity index (χ0v) is 21.3. The minimum Gasteiger partial charge on any atom is -0.495 e. The number of methoxy groups -OCH3 is 1. The van der Waals surface area contributed by atoms with Crippen LogP contribution in [0.1, 0.15) is 57.8 Å². The third kappa shape index (κ3) is 5.88. The number of aryl methyl sites for hydroxylation is 1. The number of benzene rings is 1. The monoisotopic (exact) mass is 495 g/mol. The average Bonchev–Trinajstić information content (AvgIpc) is 3.19. The van der Waals surface area contributed by atoms with Gasteiger partial charge >= 0.3 is 0 Å². The van der Waals surface area contributed by atoms with Gasteiger partial charge in [0, 0.05) is 19.1 Å². The molecule has 1 aliphatic carbocycles. The molecule has 0 atom stereocenters. The number of nitrogens with one attached hydrogen (secondary N) is 1. The summed E-state index contributed by atoms with van der Waals surface area (Å²) in [5, 5.41) is 12.0. The molecule has 0 unspecified atom stereocenters. The van der Waals surface area contributed by atoms with Crippen molar-refractivity contribution in [3.05, 3.63) is 24.0 Å². The lowest BCUT2D eigenvalue weighted by Crippen LogP contribution is -2.30. The van der Waals surface area contributed by atoms with Crippen LogP contribution in [0.15, 0.2) is 28.3 Å². The van der Waals surface area contributed by atoms with Crippen LogP contribution in [0.5, 0.6) is 5.75 Å². The molecule has 11 heteroatoms. The van der Waals surface area contributed by atoms with E-state index in [1.54, 1.807) is 19.9 Å². The van der Waals surface area contributed by atoms with Gasteiger partial charge in [-0.05, 0) is 38.0 Å². The Hall–Kier alpha value is -2.11. The summed E-state index contributed by atoms with van der Waals surface area (Å²) < 4.78 is 34.6. The van der Waals surface area contributed by atoms with Crippen LogP contribution >= 0.6 is 11.8 Å². The van der Waals surface area contributed by atoms with Gasteiger partial charge in [0.2, 0.25) is 15.9 Å². The fourth-order valence-electron chi connectivity index (χ4n) is 4.18. The fourth-order valence-corrected chi connectivity index (χ4v) is 6.52. The number of carbonyl (C=O) groups is 1. The highest BCUT2D eigenvalue weighted by Crippen LogP contribution is 2.33. The Kier molecular flexibility index (Phi) is 8.77. The minimum absolute atomic E-state index is 0.114. The quantitative estimate of drug-likeness (QED) is 0.499. The summed E-state index contributed by atoms with van der Waals surface area (Å²) in [7, 11) is -2.18. The summed E-state index contributed by atoms with van der Waals surface area (Å²) in [5.41, 5.74) is 0.321. The molecule has 9 nitrogen and oxygen atoms in total. The van der Waals surface area contributed by atoms with E-state index in [-0.39, 0.29) is 16.6 Å². The molecule has 3 rings (SSSR count). The van der Waals surface area contributed by atoms with E-state index >= 15 is 0 Å². The maximum absolute atomic E-state index is 12.9. The van der Waals surface area contributed by atoms with Crippen LogP contribution in [0.2, 0.25) is 0 Å². The van der Waals surface area contributed by atoms with Crippen LogP contribution in [0.3, 0.4) is 0 Å². The van der Waals surface area contributed by atoms with Crippen LogP contribution < -0.4 is 10.1 Å². The van der Waals surface area contributed by atoms with Crippen LogP contribution in [-0.2, 0) is 14.8 Å². The van der Waals surface area contributed by atoms with Gasteiger partial charge in [-0.3, -0.25) is 4.79 Å². The lowest BCUT2D eigenvalue weighted by atomic mass is 9.95. The average molecular weight is 496 g/mol. The van der Waals surface area contributed by atoms with Crippen LogP contribution in [0.4, 0.5) is 5.69 Å². The molecule has 1 fully saturated rings. The first-order valence-electron chi connectivity index (χ1n) is 11.3. The normalized spacial score (nSPS) is 15.1. The number of sulfonamides is 1. The molecule has 0 spiro atoms. The lowest BCUT2D eigenvalue weighted by molar-refractivity contribution is -0.113. The third-order valence-corrected chi connectivity index (χ3v) is 8.88. The second-order valence-corrected chi connectivity index (χ2v) is 10.9. The Labute approximate surface area is 200 Å². The van der Waals surface area contributed by atoms with Crippen LogP contribution in [-0.4, -0.2) is 59.3 Å². The number of nitrogens with zero attached hydrogens (tertiary/aromatic N) is 4. The van der Waals surface area contributed by atoms with Crippen molar-refractivity contribution in [2.45, 2.75) is 69.0 Å². The molecule has 33 heavy (non-hydrogen) atoms. The van der Waals surface area contributed by atoms with Crippen molar-refractivity contribution in [1.82, 2.24) is 19.1 Å². The van der Waals surface area contributed by atoms with Gasteiger partial charge in [-0.1, -0.05) is 44.9 Å². The van der Waals surface area contributed by atoms with Gasteiger partial charge in [-0.15, -0.1) is 10.2 Å². The van der Waals surface area contributed by atoms with Crippen molar-refractivity contribution >= 4 is 33.4 Å². The van der Waals surface area contributed by atoms with Gasteiger partial charge in [-0.25, -0.2) is 8.42 Å². The van der Waals surface area contributed by atoms with Crippen molar-refractivity contribution in [2.24, 2.45) is 0 Å². The van der Waals surface area contributed by atoms with Gasteiger partial charge in [0.15, 0.2) is 5.16 Å². The number of anilines is 1. The molecule has 1 aliphatic rings. The predicted molar refractivity (Wildman–Crippen MR) is 129 cm³/mol. The molecule has 2 aromatic rings. The highest BCUT2D eigenvalue weighted by atomic mass is 32.2. The number of carbonyl (C=O) groups excluding carboxylic acids is 1. The van der Waals surface area contributed by atoms with E-state index in [1.807, 2.05) is 6.92 Å². The SMILES string of the molecule is CCN(CC)S(=O)(=O)c1ccc(OC)c(NC(=O)CSc2nnc(C)n2C2CCCCC2)c1. The molecular weight excluding hydrogens is 462 g/mol. The van der Waals surface area contributed by atoms with Gasteiger partial charge in [0.1, 0.15) is 11.6 Å². The van der Waals surface area contributed by atoms with Crippen LogP contribution in [0.25, 0.3) is 0 Å². The van der Waals surface area contributed by atoms with Crippen molar-refractivity contribution in [3.63, 3.8) is 0 Å². The topological polar surface area (TPSA) is 106 Å². The maximum Gasteiger partial charge on any atom is 0.243 e. The Balaban J connectivity index is 1.73. The molecular formula is C22H33N5O4S2. The number of aromatic nitrogens is 3. The number of thioether (sulfide) groups is 1. The molecule has 0 radical (unpaired) electrons. The van der Waals surface area contributed by atoms with E-state index in [1.165, 1.54) is 54.6 Å². The van der Waals surface area contributed by atoms with Crippen LogP contribution in [0, 0.1) is 6.92 Å². The smallest absolute Gasteiger partial charge is 0.243 e. The van der Waals surface area contributed by atoms with Crippen molar-refractivity contribution in [3.8, 4) is 5.75 Å². The first-order valence-corrected chi connectivity index (χ1v) is 13.8. The number of hydrogen-bond acceptors (Lipinski definition) is 7. The van der Waals surface area contributed by atoms with E-state index in [0.717, 1.165) is 23.8 Å². The summed E-state index contributed by atoms with van der Waals surface area (Å²) in [6.45, 7) is 6.25. The van der Waals surface area contributed by atoms with Gasteiger partial charge < -0.3 is 14.6 Å². The summed E-state index contributed by atoms with van der Waals surface area (Å²) in [6.07, 6.45) is 5.85. The van der Waals surface area contributed by atoms with E-state index in [2.05, 4.69) is 20.1 Å². The highest BCUT2D eigenvalue weighted by Gasteiger charge is 2.24. The summed E-state index contributed by atoms with van der Waals surface area (Å²) in [4.78, 5) is 12.9. The molecule has 0 bridgehead atoms. The number of rotatable bonds is 10. The van der Waals surface area contributed by atoms with Gasteiger partial charge in [-0.2, -0.15) is 4.31 Å². The zero-order chi connectivity index (χ0) is 24.0. The second-order valence-electron chi connectivity index (χ2n) is 7.98. The molecule has 1 heterocycles. The molecule has 0 aliphatic heterocycles. The highest BCUT2D eigenvalue weighted by molar-refractivity contribution is 7.99. The molecule has 1 aromatic carbocycles. The largest absolute Gasteiger partial charge is 0.495 e. The van der Waals surface area contributed by atoms with E-state index < -0.39 is 10.0 Å². The standard InChI is InChI=1S/C22H33N5O4S2/c1-5-26(6-2)33(29,30)18-12-13-20(31-4)19(14-18)23-21(28)15-32-22-25-24-16(3)27(22)17-10-8-7-9-11-17/h12-14,17H,5-11,15H2,1-4H3,(H,23,28). The number of amides is 1. The van der Waals surface area contributed by atoms with E-state index in [4.69, 9.17) is 4.74 Å². The third-order valence-electron chi connectivity index (χ3n) is 5.90. The maximum atomic E-state index is 12.9. The molecule has 1 aromatic heterocycles. The Morgan fingerprint density at radius 3 is 2.55 bits per heavy atom. The Morgan fingerprint density at radius 2 is 1.91 bits per heavy atom. The summed E-state index contributed by atoms with van der Waals surface area (Å²) in [6, 6.07) is 4.87. The predicted octanol–water partition coefficient (Wildman–Crippen LogP) is 3.86. The Bertz CT molecular complexity index is 1060. The molecule has 0 saturated heterocycles. The minimum atomic E-state index is -3.66. The first-order chi connectivity index (χ1) is 15.8. The van der Waals surface area contributed by atoms with Gasteiger partial charge in [0.25, 0.3) is 0 Å². The lowest BCUT2D eigenvalue weighted by Gasteiger charge is -2.24. The zero-order valence-electron chi connectivity index (χ0n) is 19.7. The summed E-state index contributed by atoms with van der Waals surface area (Å²) >= 11 is 1.33. The van der Waals surface area contributed by atoms with Crippen molar-refractivity contribution in [1.29, 1.82) is 0 Å². The summed E-state index contributed by atoms with van der Waals surface area (Å²) in [5.74, 6) is 1.11. The fraction of sp³-hybridized carbons (Fsp3) is 0.591. The van der Waals surface area contributed by atoms with E-state index in [0.29, 0.717) is 30.6 Å². The van der Waals surface area contributed by atoms with Gasteiger partial charge in [0.05, 0.1) is 23.4 Å². The molecule has 1 saturated carbocycles. The van der Waals surface area contributed by atoms with E-state index in [9.17, 15) is 13.2 Å². The molecule has 182 valence electrons. The molecule has 1 N–H and O–H groups in total. The number of ether oxygens (including phenoxy) is 1. The first kappa shape index (κ1) is 25.5.